The maximum Gasteiger partial charge on any atom is 0.0872 e. The molecule has 0 aliphatic carbocycles. The van der Waals surface area contributed by atoms with Gasteiger partial charge in [-0.3, -0.25) is 0 Å². The summed E-state index contributed by atoms with van der Waals surface area (Å²) in [5.41, 5.74) is 4.08. The predicted octanol–water partition coefficient (Wildman–Crippen LogP) is 13.9. The zero-order valence-corrected chi connectivity index (χ0v) is 35.0. The van der Waals surface area contributed by atoms with Crippen LogP contribution in [0.3, 0.4) is 0 Å². The summed E-state index contributed by atoms with van der Waals surface area (Å²) in [5, 5.41) is 7.64. The molecular formula is C36H68N4S4. The van der Waals surface area contributed by atoms with E-state index in [1.165, 1.54) is 23.1 Å². The first-order chi connectivity index (χ1) is 22.1. The fraction of sp³-hybridized carbons (Fsp3) is 0.667. The topological polar surface area (TPSA) is 51.6 Å². The smallest absolute Gasteiger partial charge is 0.0872 e. The van der Waals surface area contributed by atoms with E-state index in [-0.39, 0.29) is 21.7 Å². The molecule has 0 saturated carbocycles. The van der Waals surface area contributed by atoms with E-state index in [1.807, 2.05) is 86.9 Å². The number of aromatic nitrogens is 4. The minimum atomic E-state index is -0.0376. The zero-order chi connectivity index (χ0) is 39.1. The molecule has 0 aliphatic rings. The summed E-state index contributed by atoms with van der Waals surface area (Å²) in [6, 6.07) is 1.25. The van der Waals surface area contributed by atoms with E-state index >= 15 is 0 Å². The van der Waals surface area contributed by atoms with E-state index in [4.69, 9.17) is 5.48 Å². The van der Waals surface area contributed by atoms with Crippen LogP contribution in [0, 0.1) is 0 Å². The monoisotopic (exact) mass is 688 g/mol. The van der Waals surface area contributed by atoms with E-state index < -0.39 is 0 Å². The van der Waals surface area contributed by atoms with Crippen LogP contribution in [0.1, 0.15) is 166 Å². The van der Waals surface area contributed by atoms with Gasteiger partial charge in [-0.1, -0.05) is 138 Å². The first kappa shape index (κ1) is 40.5. The molecule has 4 aromatic rings. The van der Waals surface area contributed by atoms with Gasteiger partial charge in [0.2, 0.25) is 0 Å². The number of hydrogen-bond acceptors (Lipinski definition) is 8. The Morgan fingerprint density at radius 1 is 0.500 bits per heavy atom. The lowest BCUT2D eigenvalue weighted by Gasteiger charge is -2.15. The molecule has 4 rings (SSSR count). The van der Waals surface area contributed by atoms with Gasteiger partial charge >= 0.3 is 0 Å². The lowest BCUT2D eigenvalue weighted by atomic mass is 9.90. The summed E-state index contributed by atoms with van der Waals surface area (Å²) in [7, 11) is 0. The van der Waals surface area contributed by atoms with Crippen LogP contribution in [0.15, 0.2) is 46.0 Å². The number of rotatable bonds is 0. The Balaban J connectivity index is -0.000000251. The molecule has 0 saturated heterocycles. The second-order valence-electron chi connectivity index (χ2n) is 12.3. The summed E-state index contributed by atoms with van der Waals surface area (Å²) in [6.45, 7) is 41.0. The highest BCUT2D eigenvalue weighted by Crippen LogP contribution is 2.24. The Kier molecular flexibility index (Phi) is 24.6. The molecule has 4 heterocycles. The SMILES string of the molecule is CC.CC.CC.CC.[2H]c1cscc1C(C)(C)C.[2H]c1csnc1C(C)(C)C.[2H]c1nscc1C(C)(C)C.[2H]c1nsnc1C(C)(C)C. The van der Waals surface area contributed by atoms with Crippen molar-refractivity contribution in [1.29, 1.82) is 0 Å². The van der Waals surface area contributed by atoms with Crippen molar-refractivity contribution in [3.8, 4) is 0 Å². The summed E-state index contributed by atoms with van der Waals surface area (Å²) >= 11 is 5.42. The minimum absolute atomic E-state index is 0.0249. The fourth-order valence-electron chi connectivity index (χ4n) is 2.14. The van der Waals surface area contributed by atoms with Crippen molar-refractivity contribution in [1.82, 2.24) is 17.5 Å². The molecule has 0 N–H and O–H groups in total. The Labute approximate surface area is 296 Å². The quantitative estimate of drug-likeness (QED) is 0.184. The summed E-state index contributed by atoms with van der Waals surface area (Å²) < 4.78 is 45.6. The van der Waals surface area contributed by atoms with Crippen molar-refractivity contribution in [2.45, 2.75) is 160 Å². The van der Waals surface area contributed by atoms with Crippen LogP contribution in [0.5, 0.6) is 0 Å². The van der Waals surface area contributed by atoms with Gasteiger partial charge in [-0.15, -0.1) is 0 Å². The van der Waals surface area contributed by atoms with Crippen LogP contribution in [0.2, 0.25) is 0 Å². The normalized spacial score (nSPS) is 11.5. The molecule has 0 spiro atoms. The second-order valence-corrected chi connectivity index (χ2v) is 14.8. The van der Waals surface area contributed by atoms with E-state index in [2.05, 4.69) is 85.2 Å². The van der Waals surface area contributed by atoms with Crippen LogP contribution in [-0.2, 0) is 21.7 Å². The fourth-order valence-corrected chi connectivity index (χ4v) is 4.89. The van der Waals surface area contributed by atoms with E-state index in [1.54, 1.807) is 16.7 Å². The number of nitrogens with zero attached hydrogens (tertiary/aromatic N) is 4. The Morgan fingerprint density at radius 2 is 1.00 bits per heavy atom. The third kappa shape index (κ3) is 24.8. The number of thiophene rings is 1. The lowest BCUT2D eigenvalue weighted by molar-refractivity contribution is 0.574. The molecule has 8 heteroatoms. The van der Waals surface area contributed by atoms with Gasteiger partial charge in [-0.2, -0.15) is 24.5 Å². The van der Waals surface area contributed by atoms with Crippen molar-refractivity contribution in [2.75, 3.05) is 0 Å². The molecule has 0 aliphatic heterocycles. The van der Waals surface area contributed by atoms with E-state index in [0.29, 0.717) is 24.4 Å². The molecule has 0 bridgehead atoms. The van der Waals surface area contributed by atoms with Crippen molar-refractivity contribution in [2.24, 2.45) is 0 Å². The van der Waals surface area contributed by atoms with Crippen LogP contribution >= 0.6 is 46.1 Å². The molecule has 0 fully saturated rings. The third-order valence-corrected chi connectivity index (χ3v) is 6.72. The molecule has 0 atom stereocenters. The summed E-state index contributed by atoms with van der Waals surface area (Å²) in [4.78, 5) is 0. The molecule has 0 radical (unpaired) electrons. The first-order valence-electron chi connectivity index (χ1n) is 17.7. The highest BCUT2D eigenvalue weighted by atomic mass is 32.1. The Bertz CT molecular complexity index is 1100. The zero-order valence-electron chi connectivity index (χ0n) is 35.7. The van der Waals surface area contributed by atoms with Crippen LogP contribution in [-0.4, -0.2) is 17.5 Å². The molecule has 0 unspecified atom stereocenters. The average molecular weight is 689 g/mol. The summed E-state index contributed by atoms with van der Waals surface area (Å²) in [6.07, 6.45) is 0.745. The molecular weight excluding hydrogens is 617 g/mol. The Morgan fingerprint density at radius 3 is 1.18 bits per heavy atom. The van der Waals surface area contributed by atoms with E-state index in [9.17, 15) is 0 Å². The van der Waals surface area contributed by atoms with Crippen LogP contribution in [0.25, 0.3) is 0 Å². The second kappa shape index (κ2) is 26.7. The highest BCUT2D eigenvalue weighted by molar-refractivity contribution is 7.08. The molecule has 256 valence electrons. The molecule has 0 amide bonds. The van der Waals surface area contributed by atoms with Crippen LogP contribution < -0.4 is 0 Å². The highest BCUT2D eigenvalue weighted by Gasteiger charge is 2.16. The van der Waals surface area contributed by atoms with Crippen molar-refractivity contribution in [3.63, 3.8) is 0 Å². The van der Waals surface area contributed by atoms with Gasteiger partial charge in [-0.05, 0) is 67.9 Å². The van der Waals surface area contributed by atoms with Gasteiger partial charge in [0, 0.05) is 27.8 Å². The Hall–Kier alpha value is -1.48. The summed E-state index contributed by atoms with van der Waals surface area (Å²) in [5.74, 6) is 0. The van der Waals surface area contributed by atoms with Crippen molar-refractivity contribution in [3.05, 3.63) is 68.5 Å². The maximum atomic E-state index is 7.52. The molecule has 44 heavy (non-hydrogen) atoms. The van der Waals surface area contributed by atoms with Gasteiger partial charge < -0.3 is 0 Å². The van der Waals surface area contributed by atoms with Gasteiger partial charge in [0.15, 0.2) is 0 Å². The minimum Gasteiger partial charge on any atom is -0.201 e. The average Bonchev–Trinajstić information content (AvgIpc) is 3.81. The largest absolute Gasteiger partial charge is 0.201 e. The van der Waals surface area contributed by atoms with Gasteiger partial charge in [0.1, 0.15) is 0 Å². The first-order valence-corrected chi connectivity index (χ1v) is 19.1. The predicted molar refractivity (Wildman–Crippen MR) is 209 cm³/mol. The maximum absolute atomic E-state index is 7.52. The number of hydrogen-bond donors (Lipinski definition) is 0. The molecule has 4 aromatic heterocycles. The van der Waals surface area contributed by atoms with Gasteiger partial charge in [0.05, 0.1) is 34.8 Å². The standard InChI is InChI=1S/C8H12S.2C7H11NS.C6H10N2S.4C2H6/c1-8(2,3)7-4-5-9-6-7;1-7(2,3)6-4-8-9-5-6;1-7(2,3)6-4-5-9-8-6;1-6(2,3)5-4-7-9-8-5;4*1-2/h4-6H,1-3H3;2*4-5H,1-3H3;4H,1-3H3;4*1-2H3/i4*4D;;;;. The van der Waals surface area contributed by atoms with Crippen molar-refractivity contribution >= 4 is 46.1 Å². The van der Waals surface area contributed by atoms with Crippen LogP contribution in [0.4, 0.5) is 0 Å². The van der Waals surface area contributed by atoms with E-state index in [0.717, 1.165) is 34.2 Å². The van der Waals surface area contributed by atoms with Crippen molar-refractivity contribution < 1.29 is 5.48 Å². The third-order valence-electron chi connectivity index (χ3n) is 4.61. The molecule has 0 aromatic carbocycles. The lowest BCUT2D eigenvalue weighted by Crippen LogP contribution is -2.10. The van der Waals surface area contributed by atoms with Gasteiger partial charge in [-0.25, -0.2) is 4.37 Å². The molecule has 4 nitrogen and oxygen atoms in total. The van der Waals surface area contributed by atoms with Gasteiger partial charge in [0.25, 0.3) is 0 Å².